The number of benzene rings is 1. The molecule has 2 rings (SSSR count). The van der Waals surface area contributed by atoms with Crippen molar-refractivity contribution in [2.45, 2.75) is 32.1 Å². The van der Waals surface area contributed by atoms with E-state index in [4.69, 9.17) is 4.74 Å². The second kappa shape index (κ2) is 5.54. The highest BCUT2D eigenvalue weighted by atomic mass is 16.5. The van der Waals surface area contributed by atoms with E-state index in [1.807, 2.05) is 12.1 Å². The molecule has 0 aliphatic heterocycles. The first-order valence-corrected chi connectivity index (χ1v) is 6.49. The molecule has 2 nitrogen and oxygen atoms in total. The van der Waals surface area contributed by atoms with Crippen LogP contribution in [0.2, 0.25) is 0 Å². The second-order valence-electron chi connectivity index (χ2n) is 5.20. The third-order valence-electron chi connectivity index (χ3n) is 4.17. The van der Waals surface area contributed by atoms with Crippen molar-refractivity contribution in [2.24, 2.45) is 11.8 Å². The largest absolute Gasteiger partial charge is 0.497 e. The lowest BCUT2D eigenvalue weighted by molar-refractivity contribution is 0.135. The Morgan fingerprint density at radius 3 is 2.47 bits per heavy atom. The zero-order valence-electron chi connectivity index (χ0n) is 10.7. The molecule has 0 amide bonds. The first kappa shape index (κ1) is 12.4. The van der Waals surface area contributed by atoms with Gasteiger partial charge in [0, 0.05) is 6.61 Å². The molecule has 1 aliphatic carbocycles. The monoisotopic (exact) mass is 234 g/mol. The van der Waals surface area contributed by atoms with Gasteiger partial charge in [-0.1, -0.05) is 19.1 Å². The topological polar surface area (TPSA) is 29.5 Å². The number of hydrogen-bond acceptors (Lipinski definition) is 2. The molecule has 1 aliphatic rings. The molecule has 0 radical (unpaired) electrons. The van der Waals surface area contributed by atoms with Crippen molar-refractivity contribution in [3.63, 3.8) is 0 Å². The highest BCUT2D eigenvalue weighted by molar-refractivity contribution is 5.29. The number of ether oxygens (including phenoxy) is 1. The van der Waals surface area contributed by atoms with E-state index < -0.39 is 0 Å². The maximum absolute atomic E-state index is 9.27. The van der Waals surface area contributed by atoms with Crippen LogP contribution in [0.3, 0.4) is 0 Å². The Bertz CT molecular complexity index is 344. The number of aliphatic hydroxyl groups is 1. The van der Waals surface area contributed by atoms with Gasteiger partial charge in [-0.15, -0.1) is 0 Å². The number of methoxy groups -OCH3 is 1. The van der Waals surface area contributed by atoms with Crippen LogP contribution in [0.1, 0.15) is 37.7 Å². The first-order valence-electron chi connectivity index (χ1n) is 6.49. The van der Waals surface area contributed by atoms with Crippen LogP contribution >= 0.6 is 0 Å². The smallest absolute Gasteiger partial charge is 0.118 e. The van der Waals surface area contributed by atoms with Crippen LogP contribution in [0.25, 0.3) is 0 Å². The van der Waals surface area contributed by atoms with E-state index in [1.165, 1.54) is 18.4 Å². The molecule has 0 spiro atoms. The fourth-order valence-electron chi connectivity index (χ4n) is 2.91. The summed E-state index contributed by atoms with van der Waals surface area (Å²) in [6.07, 6.45) is 3.54. The Morgan fingerprint density at radius 2 is 1.94 bits per heavy atom. The van der Waals surface area contributed by atoms with Gasteiger partial charge in [0.15, 0.2) is 0 Å². The summed E-state index contributed by atoms with van der Waals surface area (Å²) in [5.41, 5.74) is 1.41. The quantitative estimate of drug-likeness (QED) is 0.870. The van der Waals surface area contributed by atoms with Crippen LogP contribution in [-0.4, -0.2) is 18.8 Å². The number of hydrogen-bond donors (Lipinski definition) is 1. The summed E-state index contributed by atoms with van der Waals surface area (Å²) in [7, 11) is 1.70. The maximum Gasteiger partial charge on any atom is 0.118 e. The molecule has 0 bridgehead atoms. The lowest BCUT2D eigenvalue weighted by Crippen LogP contribution is -2.24. The summed E-state index contributed by atoms with van der Waals surface area (Å²) in [4.78, 5) is 0. The molecule has 17 heavy (non-hydrogen) atoms. The van der Waals surface area contributed by atoms with Crippen LogP contribution in [0, 0.1) is 11.8 Å². The molecule has 0 unspecified atom stereocenters. The first-order chi connectivity index (χ1) is 8.24. The molecular weight excluding hydrogens is 212 g/mol. The van der Waals surface area contributed by atoms with Gasteiger partial charge in [-0.2, -0.15) is 0 Å². The van der Waals surface area contributed by atoms with Crippen molar-refractivity contribution in [3.05, 3.63) is 29.8 Å². The number of aliphatic hydroxyl groups excluding tert-OH is 1. The average molecular weight is 234 g/mol. The van der Waals surface area contributed by atoms with E-state index in [2.05, 4.69) is 19.1 Å². The normalized spacial score (nSPS) is 29.0. The van der Waals surface area contributed by atoms with Crippen LogP contribution in [0.5, 0.6) is 5.75 Å². The molecule has 0 aromatic heterocycles. The van der Waals surface area contributed by atoms with Gasteiger partial charge in [0.05, 0.1) is 7.11 Å². The second-order valence-corrected chi connectivity index (χ2v) is 5.20. The zero-order valence-corrected chi connectivity index (χ0v) is 10.7. The predicted octanol–water partition coefficient (Wildman–Crippen LogP) is 3.21. The van der Waals surface area contributed by atoms with E-state index in [9.17, 15) is 5.11 Å². The molecule has 1 aromatic rings. The van der Waals surface area contributed by atoms with Gasteiger partial charge in [0.2, 0.25) is 0 Å². The summed E-state index contributed by atoms with van der Waals surface area (Å²) in [6.45, 7) is 2.60. The van der Waals surface area contributed by atoms with Gasteiger partial charge < -0.3 is 9.84 Å². The molecular formula is C15H22O2. The highest BCUT2D eigenvalue weighted by Crippen LogP contribution is 2.39. The van der Waals surface area contributed by atoms with E-state index in [0.29, 0.717) is 24.4 Å². The van der Waals surface area contributed by atoms with Gasteiger partial charge in [0.25, 0.3) is 0 Å². The SMILES string of the molecule is COc1ccc([C@H]2CC[C@@H](CO)[C@@H](C)C2)cc1. The van der Waals surface area contributed by atoms with Gasteiger partial charge in [-0.25, -0.2) is 0 Å². The third kappa shape index (κ3) is 2.81. The Balaban J connectivity index is 2.03. The third-order valence-corrected chi connectivity index (χ3v) is 4.17. The van der Waals surface area contributed by atoms with E-state index >= 15 is 0 Å². The molecule has 1 saturated carbocycles. The Kier molecular flexibility index (Phi) is 4.06. The standard InChI is InChI=1S/C15H22O2/c1-11-9-13(3-4-14(11)10-16)12-5-7-15(17-2)8-6-12/h5-8,11,13-14,16H,3-4,9-10H2,1-2H3/t11-,13-,14-/m0/s1. The Hall–Kier alpha value is -1.02. The highest BCUT2D eigenvalue weighted by Gasteiger charge is 2.27. The van der Waals surface area contributed by atoms with Crippen molar-refractivity contribution in [2.75, 3.05) is 13.7 Å². The summed E-state index contributed by atoms with van der Waals surface area (Å²) in [5.74, 6) is 2.70. The minimum absolute atomic E-state index is 0.344. The van der Waals surface area contributed by atoms with Gasteiger partial charge in [-0.3, -0.25) is 0 Å². The van der Waals surface area contributed by atoms with Crippen molar-refractivity contribution in [1.82, 2.24) is 0 Å². The zero-order chi connectivity index (χ0) is 12.3. The molecule has 94 valence electrons. The lowest BCUT2D eigenvalue weighted by atomic mass is 9.73. The molecule has 2 heteroatoms. The molecule has 1 aromatic carbocycles. The fraction of sp³-hybridized carbons (Fsp3) is 0.600. The average Bonchev–Trinajstić information content (AvgIpc) is 2.39. The predicted molar refractivity (Wildman–Crippen MR) is 69.3 cm³/mol. The minimum atomic E-state index is 0.344. The summed E-state index contributed by atoms with van der Waals surface area (Å²) >= 11 is 0. The van der Waals surface area contributed by atoms with Crippen molar-refractivity contribution < 1.29 is 9.84 Å². The Morgan fingerprint density at radius 1 is 1.24 bits per heavy atom. The summed E-state index contributed by atoms with van der Waals surface area (Å²) in [6, 6.07) is 8.43. The fourth-order valence-corrected chi connectivity index (χ4v) is 2.91. The molecule has 0 saturated heterocycles. The van der Waals surface area contributed by atoms with Gasteiger partial charge in [-0.05, 0) is 54.7 Å². The molecule has 1 N–H and O–H groups in total. The van der Waals surface area contributed by atoms with Gasteiger partial charge in [0.1, 0.15) is 5.75 Å². The van der Waals surface area contributed by atoms with Crippen molar-refractivity contribution in [1.29, 1.82) is 0 Å². The van der Waals surface area contributed by atoms with Crippen LogP contribution in [0.15, 0.2) is 24.3 Å². The molecule has 0 heterocycles. The summed E-state index contributed by atoms with van der Waals surface area (Å²) < 4.78 is 5.18. The van der Waals surface area contributed by atoms with Gasteiger partial charge >= 0.3 is 0 Å². The van der Waals surface area contributed by atoms with Crippen LogP contribution in [-0.2, 0) is 0 Å². The minimum Gasteiger partial charge on any atom is -0.497 e. The Labute approximate surface area is 104 Å². The van der Waals surface area contributed by atoms with E-state index in [0.717, 1.165) is 12.2 Å². The molecule has 1 fully saturated rings. The number of rotatable bonds is 3. The lowest BCUT2D eigenvalue weighted by Gasteiger charge is -2.33. The van der Waals surface area contributed by atoms with Crippen molar-refractivity contribution >= 4 is 0 Å². The molecule has 3 atom stereocenters. The van der Waals surface area contributed by atoms with Crippen molar-refractivity contribution in [3.8, 4) is 5.75 Å². The van der Waals surface area contributed by atoms with E-state index in [1.54, 1.807) is 7.11 Å². The maximum atomic E-state index is 9.27. The van der Waals surface area contributed by atoms with Crippen LogP contribution in [0.4, 0.5) is 0 Å². The van der Waals surface area contributed by atoms with Crippen LogP contribution < -0.4 is 4.74 Å². The summed E-state index contributed by atoms with van der Waals surface area (Å²) in [5, 5.41) is 9.27. The van der Waals surface area contributed by atoms with E-state index in [-0.39, 0.29) is 0 Å².